The Balaban J connectivity index is 1.76. The quantitative estimate of drug-likeness (QED) is 0.224. The van der Waals surface area contributed by atoms with E-state index in [4.69, 9.17) is 9.47 Å². The van der Waals surface area contributed by atoms with Gasteiger partial charge in [-0.05, 0) is 37.6 Å². The number of anilines is 2. The monoisotopic (exact) mass is 444 g/mol. The van der Waals surface area contributed by atoms with Crippen LogP contribution in [0.2, 0.25) is 0 Å². The molecule has 33 heavy (non-hydrogen) atoms. The van der Waals surface area contributed by atoms with Crippen LogP contribution < -0.4 is 10.1 Å². The molecule has 3 aromatic carbocycles. The molecule has 166 valence electrons. The summed E-state index contributed by atoms with van der Waals surface area (Å²) >= 11 is 0. The lowest BCUT2D eigenvalue weighted by Crippen LogP contribution is -2.11. The van der Waals surface area contributed by atoms with E-state index in [1.807, 2.05) is 25.1 Å². The molecule has 0 bridgehead atoms. The van der Waals surface area contributed by atoms with Crippen LogP contribution in [0.15, 0.2) is 66.7 Å². The van der Waals surface area contributed by atoms with Crippen LogP contribution >= 0.6 is 0 Å². The first-order valence-electron chi connectivity index (χ1n) is 10.2. The molecule has 4 aromatic rings. The van der Waals surface area contributed by atoms with E-state index in [-0.39, 0.29) is 23.9 Å². The third-order valence-electron chi connectivity index (χ3n) is 4.75. The van der Waals surface area contributed by atoms with Crippen molar-refractivity contribution >= 4 is 34.1 Å². The van der Waals surface area contributed by atoms with Crippen molar-refractivity contribution in [3.8, 4) is 11.5 Å². The third-order valence-corrected chi connectivity index (χ3v) is 4.75. The van der Waals surface area contributed by atoms with E-state index in [0.717, 1.165) is 5.56 Å². The van der Waals surface area contributed by atoms with E-state index < -0.39 is 10.9 Å². The molecule has 1 aromatic heterocycles. The van der Waals surface area contributed by atoms with Crippen molar-refractivity contribution in [2.75, 3.05) is 11.9 Å². The molecule has 0 saturated heterocycles. The number of fused-ring (bicyclic) bond motifs is 1. The largest absolute Gasteiger partial charge is 0.460 e. The van der Waals surface area contributed by atoms with E-state index >= 15 is 0 Å². The second kappa shape index (κ2) is 9.31. The number of nitro benzene ring substituents is 1. The molecular weight excluding hydrogens is 424 g/mol. The number of hydrogen-bond donors (Lipinski definition) is 1. The van der Waals surface area contributed by atoms with Crippen LogP contribution in [-0.2, 0) is 4.74 Å². The lowest BCUT2D eigenvalue weighted by atomic mass is 10.2. The fourth-order valence-corrected chi connectivity index (χ4v) is 3.21. The van der Waals surface area contributed by atoms with Gasteiger partial charge in [-0.25, -0.2) is 14.8 Å². The Morgan fingerprint density at radius 1 is 1.06 bits per heavy atom. The van der Waals surface area contributed by atoms with E-state index in [1.54, 1.807) is 43.3 Å². The van der Waals surface area contributed by atoms with Crippen LogP contribution in [-0.4, -0.2) is 27.5 Å². The standard InChI is InChI=1S/C24H20N4O5/c1-3-32-24(29)23-26-20-10-6-5-9-19(20)22(27-23)25-16-12-17(28(30)31)14-18(13-16)33-21-11-7-4-8-15(21)2/h4-14H,3H2,1-2H3,(H,25,26,27). The number of hydrogen-bond acceptors (Lipinski definition) is 8. The number of carbonyl (C=O) groups is 1. The minimum atomic E-state index is -0.658. The van der Waals surface area contributed by atoms with Gasteiger partial charge in [-0.1, -0.05) is 30.3 Å². The van der Waals surface area contributed by atoms with Crippen molar-refractivity contribution in [1.82, 2.24) is 9.97 Å². The normalized spacial score (nSPS) is 10.6. The molecule has 9 nitrogen and oxygen atoms in total. The topological polar surface area (TPSA) is 116 Å². The Labute approximate surface area is 189 Å². The van der Waals surface area contributed by atoms with E-state index in [1.165, 1.54) is 12.1 Å². The Bertz CT molecular complexity index is 1360. The first-order chi connectivity index (χ1) is 15.9. The molecule has 1 heterocycles. The maximum absolute atomic E-state index is 12.2. The second-order valence-electron chi connectivity index (χ2n) is 7.10. The van der Waals surface area contributed by atoms with Crippen LogP contribution in [0.5, 0.6) is 11.5 Å². The van der Waals surface area contributed by atoms with Gasteiger partial charge in [0.2, 0.25) is 5.82 Å². The van der Waals surface area contributed by atoms with Gasteiger partial charge in [0.1, 0.15) is 17.3 Å². The van der Waals surface area contributed by atoms with Crippen LogP contribution in [0.1, 0.15) is 23.1 Å². The van der Waals surface area contributed by atoms with Gasteiger partial charge in [0.25, 0.3) is 5.69 Å². The minimum Gasteiger partial charge on any atom is -0.460 e. The molecule has 0 amide bonds. The number of non-ortho nitro benzene ring substituents is 1. The smallest absolute Gasteiger partial charge is 0.376 e. The molecule has 0 saturated carbocycles. The Kier molecular flexibility index (Phi) is 6.12. The number of benzene rings is 3. The van der Waals surface area contributed by atoms with Crippen LogP contribution in [0.3, 0.4) is 0 Å². The maximum atomic E-state index is 12.2. The maximum Gasteiger partial charge on any atom is 0.376 e. The zero-order valence-corrected chi connectivity index (χ0v) is 17.9. The van der Waals surface area contributed by atoms with Gasteiger partial charge < -0.3 is 14.8 Å². The number of aromatic nitrogens is 2. The van der Waals surface area contributed by atoms with Crippen LogP contribution in [0.25, 0.3) is 10.9 Å². The van der Waals surface area contributed by atoms with Gasteiger partial charge in [-0.3, -0.25) is 10.1 Å². The molecule has 0 spiro atoms. The number of nitrogens with one attached hydrogen (secondary N) is 1. The summed E-state index contributed by atoms with van der Waals surface area (Å²) in [6.07, 6.45) is 0. The first-order valence-corrected chi connectivity index (χ1v) is 10.2. The van der Waals surface area contributed by atoms with Crippen LogP contribution in [0.4, 0.5) is 17.2 Å². The minimum absolute atomic E-state index is 0.111. The van der Waals surface area contributed by atoms with Gasteiger partial charge in [-0.2, -0.15) is 0 Å². The number of aryl methyl sites for hydroxylation is 1. The van der Waals surface area contributed by atoms with Crippen molar-refractivity contribution in [2.45, 2.75) is 13.8 Å². The molecule has 9 heteroatoms. The average molecular weight is 444 g/mol. The SMILES string of the molecule is CCOC(=O)c1nc(Nc2cc(Oc3ccccc3C)cc([N+](=O)[O-])c2)c2ccccc2n1. The molecule has 1 N–H and O–H groups in total. The van der Waals surface area contributed by atoms with Gasteiger partial charge in [0.15, 0.2) is 0 Å². The number of nitrogens with zero attached hydrogens (tertiary/aromatic N) is 3. The number of esters is 1. The summed E-state index contributed by atoms with van der Waals surface area (Å²) in [5, 5.41) is 15.3. The van der Waals surface area contributed by atoms with Crippen molar-refractivity contribution in [2.24, 2.45) is 0 Å². The highest BCUT2D eigenvalue weighted by molar-refractivity contribution is 5.95. The Morgan fingerprint density at radius 3 is 2.58 bits per heavy atom. The summed E-state index contributed by atoms with van der Waals surface area (Å²) in [5.41, 5.74) is 1.62. The Morgan fingerprint density at radius 2 is 1.82 bits per heavy atom. The first kappa shape index (κ1) is 21.7. The van der Waals surface area contributed by atoms with Gasteiger partial charge in [0.05, 0.1) is 28.8 Å². The number of nitro groups is 1. The van der Waals surface area contributed by atoms with Gasteiger partial charge in [0, 0.05) is 17.5 Å². The summed E-state index contributed by atoms with van der Waals surface area (Å²) in [6, 6.07) is 18.8. The zero-order valence-electron chi connectivity index (χ0n) is 17.9. The molecular formula is C24H20N4O5. The van der Waals surface area contributed by atoms with E-state index in [2.05, 4.69) is 15.3 Å². The van der Waals surface area contributed by atoms with Gasteiger partial charge in [-0.15, -0.1) is 0 Å². The van der Waals surface area contributed by atoms with Crippen LogP contribution in [0, 0.1) is 17.0 Å². The lowest BCUT2D eigenvalue weighted by Gasteiger charge is -2.13. The average Bonchev–Trinajstić information content (AvgIpc) is 2.80. The lowest BCUT2D eigenvalue weighted by molar-refractivity contribution is -0.384. The molecule has 4 rings (SSSR count). The molecule has 0 aliphatic rings. The Hall–Kier alpha value is -4.53. The highest BCUT2D eigenvalue weighted by Gasteiger charge is 2.17. The summed E-state index contributed by atoms with van der Waals surface area (Å²) in [4.78, 5) is 31.9. The molecule has 0 aliphatic carbocycles. The van der Waals surface area contributed by atoms with Crippen molar-refractivity contribution < 1.29 is 19.2 Å². The second-order valence-corrected chi connectivity index (χ2v) is 7.10. The van der Waals surface area contributed by atoms with E-state index in [0.29, 0.717) is 28.2 Å². The molecule has 0 aliphatic heterocycles. The summed E-state index contributed by atoms with van der Waals surface area (Å²) in [6.45, 7) is 3.76. The summed E-state index contributed by atoms with van der Waals surface area (Å²) < 4.78 is 10.9. The molecule has 0 radical (unpaired) electrons. The fourth-order valence-electron chi connectivity index (χ4n) is 3.21. The fraction of sp³-hybridized carbons (Fsp3) is 0.125. The summed E-state index contributed by atoms with van der Waals surface area (Å²) in [5.74, 6) is 0.408. The zero-order chi connectivity index (χ0) is 23.4. The third kappa shape index (κ3) is 4.87. The number of para-hydroxylation sites is 2. The molecule has 0 atom stereocenters. The predicted molar refractivity (Wildman–Crippen MR) is 123 cm³/mol. The highest BCUT2D eigenvalue weighted by atomic mass is 16.6. The van der Waals surface area contributed by atoms with Crippen molar-refractivity contribution in [3.05, 3.63) is 88.2 Å². The summed E-state index contributed by atoms with van der Waals surface area (Å²) in [7, 11) is 0. The van der Waals surface area contributed by atoms with Gasteiger partial charge >= 0.3 is 5.97 Å². The molecule has 0 unspecified atom stereocenters. The highest BCUT2D eigenvalue weighted by Crippen LogP contribution is 2.33. The predicted octanol–water partition coefficient (Wildman–Crippen LogP) is 5.56. The number of rotatable bonds is 7. The van der Waals surface area contributed by atoms with Crippen molar-refractivity contribution in [1.29, 1.82) is 0 Å². The molecule has 0 fully saturated rings. The van der Waals surface area contributed by atoms with E-state index in [9.17, 15) is 14.9 Å². The number of carbonyl (C=O) groups excluding carboxylic acids is 1. The van der Waals surface area contributed by atoms with Crippen molar-refractivity contribution in [3.63, 3.8) is 0 Å². The number of ether oxygens (including phenoxy) is 2.